The van der Waals surface area contributed by atoms with E-state index >= 15 is 0 Å². The second-order valence-electron chi connectivity index (χ2n) is 2.48. The normalized spacial score (nSPS) is 10.5. The van der Waals surface area contributed by atoms with E-state index in [1.54, 1.807) is 18.3 Å². The van der Waals surface area contributed by atoms with Crippen LogP contribution in [0.5, 0.6) is 0 Å². The molecule has 5 nitrogen and oxygen atoms in total. The van der Waals surface area contributed by atoms with Crippen molar-refractivity contribution in [2.75, 3.05) is 0 Å². The SMILES string of the molecule is O=[N+]([O-])c1cccc2cnn(Br)c12. The lowest BCUT2D eigenvalue weighted by atomic mass is 10.2. The summed E-state index contributed by atoms with van der Waals surface area (Å²) >= 11 is 3.09. The van der Waals surface area contributed by atoms with Gasteiger partial charge in [0, 0.05) is 11.5 Å². The molecule has 6 heteroatoms. The van der Waals surface area contributed by atoms with Gasteiger partial charge >= 0.3 is 0 Å². The topological polar surface area (TPSA) is 61.0 Å². The van der Waals surface area contributed by atoms with Crippen LogP contribution in [0, 0.1) is 10.1 Å². The van der Waals surface area contributed by atoms with Crippen LogP contribution in [0.4, 0.5) is 5.69 Å². The second-order valence-corrected chi connectivity index (χ2v) is 3.15. The number of hydrogen-bond donors (Lipinski definition) is 0. The molecule has 0 unspecified atom stereocenters. The van der Waals surface area contributed by atoms with Crippen LogP contribution < -0.4 is 0 Å². The number of benzene rings is 1. The van der Waals surface area contributed by atoms with Gasteiger partial charge in [-0.2, -0.15) is 8.81 Å². The van der Waals surface area contributed by atoms with Crippen LogP contribution >= 0.6 is 16.1 Å². The van der Waals surface area contributed by atoms with Gasteiger partial charge in [0.1, 0.15) is 0 Å². The van der Waals surface area contributed by atoms with E-state index < -0.39 is 4.92 Å². The second kappa shape index (κ2) is 2.81. The molecule has 0 aliphatic carbocycles. The van der Waals surface area contributed by atoms with Gasteiger partial charge in [-0.25, -0.2) is 0 Å². The van der Waals surface area contributed by atoms with Crippen molar-refractivity contribution >= 4 is 32.7 Å². The third kappa shape index (κ3) is 1.19. The van der Waals surface area contributed by atoms with Gasteiger partial charge in [0.15, 0.2) is 5.52 Å². The highest BCUT2D eigenvalue weighted by Crippen LogP contribution is 2.25. The van der Waals surface area contributed by atoms with E-state index in [-0.39, 0.29) is 5.69 Å². The largest absolute Gasteiger partial charge is 0.296 e. The summed E-state index contributed by atoms with van der Waals surface area (Å²) in [5, 5.41) is 15.2. The zero-order valence-electron chi connectivity index (χ0n) is 6.35. The van der Waals surface area contributed by atoms with Crippen LogP contribution in [0.3, 0.4) is 0 Å². The molecule has 0 aliphatic heterocycles. The van der Waals surface area contributed by atoms with Gasteiger partial charge < -0.3 is 0 Å². The molecule has 0 aliphatic rings. The minimum atomic E-state index is -0.429. The van der Waals surface area contributed by atoms with Crippen molar-refractivity contribution in [1.82, 2.24) is 8.81 Å². The maximum atomic E-state index is 10.6. The van der Waals surface area contributed by atoms with Gasteiger partial charge in [-0.15, -0.1) is 0 Å². The van der Waals surface area contributed by atoms with Gasteiger partial charge in [0.05, 0.1) is 27.3 Å². The lowest BCUT2D eigenvalue weighted by Crippen LogP contribution is -1.91. The average molecular weight is 242 g/mol. The summed E-state index contributed by atoms with van der Waals surface area (Å²) < 4.78 is 1.32. The highest BCUT2D eigenvalue weighted by molar-refractivity contribution is 9.08. The Morgan fingerprint density at radius 3 is 3.00 bits per heavy atom. The van der Waals surface area contributed by atoms with Crippen LogP contribution in [-0.2, 0) is 0 Å². The fourth-order valence-corrected chi connectivity index (χ4v) is 1.65. The van der Waals surface area contributed by atoms with Crippen molar-refractivity contribution in [1.29, 1.82) is 0 Å². The number of nitro groups is 1. The molecule has 0 spiro atoms. The van der Waals surface area contributed by atoms with Crippen LogP contribution in [-0.4, -0.2) is 13.7 Å². The van der Waals surface area contributed by atoms with E-state index in [4.69, 9.17) is 0 Å². The smallest absolute Gasteiger partial charge is 0.258 e. The number of non-ortho nitro benzene ring substituents is 1. The van der Waals surface area contributed by atoms with Gasteiger partial charge in [-0.05, 0) is 0 Å². The maximum Gasteiger partial charge on any atom is 0.296 e. The Morgan fingerprint density at radius 2 is 2.31 bits per heavy atom. The lowest BCUT2D eigenvalue weighted by molar-refractivity contribution is -0.383. The zero-order chi connectivity index (χ0) is 9.42. The van der Waals surface area contributed by atoms with Crippen molar-refractivity contribution in [3.05, 3.63) is 34.5 Å². The van der Waals surface area contributed by atoms with E-state index in [0.717, 1.165) is 5.39 Å². The molecule has 0 amide bonds. The number of rotatable bonds is 1. The molecule has 1 aromatic heterocycles. The number of halogens is 1. The highest BCUT2D eigenvalue weighted by Gasteiger charge is 2.14. The predicted octanol–water partition coefficient (Wildman–Crippen LogP) is 2.10. The first kappa shape index (κ1) is 8.18. The van der Waals surface area contributed by atoms with Gasteiger partial charge in [0.25, 0.3) is 5.69 Å². The number of aromatic nitrogens is 2. The maximum absolute atomic E-state index is 10.6. The monoisotopic (exact) mass is 241 g/mol. The van der Waals surface area contributed by atoms with E-state index in [0.29, 0.717) is 5.52 Å². The van der Waals surface area contributed by atoms with E-state index in [2.05, 4.69) is 21.2 Å². The summed E-state index contributed by atoms with van der Waals surface area (Å²) in [7, 11) is 0. The van der Waals surface area contributed by atoms with Crippen LogP contribution in [0.15, 0.2) is 24.4 Å². The first-order valence-electron chi connectivity index (χ1n) is 3.47. The molecule has 0 N–H and O–H groups in total. The Kier molecular flexibility index (Phi) is 1.77. The summed E-state index contributed by atoms with van der Waals surface area (Å²) in [6.45, 7) is 0. The first-order chi connectivity index (χ1) is 6.20. The van der Waals surface area contributed by atoms with Crippen molar-refractivity contribution < 1.29 is 4.92 Å². The van der Waals surface area contributed by atoms with Crippen LogP contribution in [0.25, 0.3) is 10.9 Å². The molecule has 2 aromatic rings. The molecule has 0 atom stereocenters. The highest BCUT2D eigenvalue weighted by atomic mass is 79.9. The third-order valence-corrected chi connectivity index (χ3v) is 2.26. The number of nitrogens with zero attached hydrogens (tertiary/aromatic N) is 3. The van der Waals surface area contributed by atoms with Crippen LogP contribution in [0.2, 0.25) is 0 Å². The quantitative estimate of drug-likeness (QED) is 0.568. The average Bonchev–Trinajstić information content (AvgIpc) is 2.48. The Morgan fingerprint density at radius 1 is 1.54 bits per heavy atom. The Labute approximate surface area is 81.5 Å². The minimum absolute atomic E-state index is 0.0480. The zero-order valence-corrected chi connectivity index (χ0v) is 7.93. The molecular formula is C7H4BrN3O2. The third-order valence-electron chi connectivity index (χ3n) is 1.73. The molecule has 0 saturated carbocycles. The Balaban J connectivity index is 2.88. The molecule has 0 bridgehead atoms. The van der Waals surface area contributed by atoms with E-state index in [9.17, 15) is 10.1 Å². The molecule has 0 saturated heterocycles. The molecule has 13 heavy (non-hydrogen) atoms. The number of para-hydroxylation sites is 1. The van der Waals surface area contributed by atoms with Gasteiger partial charge in [-0.1, -0.05) is 12.1 Å². The molecule has 66 valence electrons. The fourth-order valence-electron chi connectivity index (χ4n) is 1.17. The molecular weight excluding hydrogens is 238 g/mol. The van der Waals surface area contributed by atoms with E-state index in [1.807, 2.05) is 0 Å². The summed E-state index contributed by atoms with van der Waals surface area (Å²) in [4.78, 5) is 10.2. The van der Waals surface area contributed by atoms with Crippen LogP contribution in [0.1, 0.15) is 0 Å². The van der Waals surface area contributed by atoms with Crippen molar-refractivity contribution in [2.45, 2.75) is 0 Å². The van der Waals surface area contributed by atoms with Crippen molar-refractivity contribution in [3.8, 4) is 0 Å². The summed E-state index contributed by atoms with van der Waals surface area (Å²) in [5.41, 5.74) is 0.527. The molecule has 0 radical (unpaired) electrons. The van der Waals surface area contributed by atoms with Crippen molar-refractivity contribution in [3.63, 3.8) is 0 Å². The molecule has 1 aromatic carbocycles. The van der Waals surface area contributed by atoms with Crippen molar-refractivity contribution in [2.24, 2.45) is 0 Å². The Hall–Kier alpha value is -1.43. The number of nitro benzene ring substituents is 1. The van der Waals surface area contributed by atoms with E-state index in [1.165, 1.54) is 9.77 Å². The fraction of sp³-hybridized carbons (Fsp3) is 0. The minimum Gasteiger partial charge on any atom is -0.258 e. The summed E-state index contributed by atoms with van der Waals surface area (Å²) in [5.74, 6) is 0. The molecule has 0 fully saturated rings. The summed E-state index contributed by atoms with van der Waals surface area (Å²) in [6.07, 6.45) is 1.57. The lowest BCUT2D eigenvalue weighted by Gasteiger charge is -1.93. The van der Waals surface area contributed by atoms with Gasteiger partial charge in [-0.3, -0.25) is 10.1 Å². The van der Waals surface area contributed by atoms with Gasteiger partial charge in [0.2, 0.25) is 0 Å². The number of hydrogen-bond acceptors (Lipinski definition) is 3. The predicted molar refractivity (Wildman–Crippen MR) is 50.7 cm³/mol. The first-order valence-corrected chi connectivity index (χ1v) is 4.18. The molecule has 1 heterocycles. The Bertz CT molecular complexity index is 480. The standard InChI is InChI=1S/C7H4BrN3O2/c8-10-7-5(4-9-10)2-1-3-6(7)11(12)13/h1-4H. The molecule has 2 rings (SSSR count). The summed E-state index contributed by atoms with van der Waals surface area (Å²) in [6, 6.07) is 4.85. The number of fused-ring (bicyclic) bond motifs is 1.